The molecule has 1 aliphatic heterocycles. The Labute approximate surface area is 116 Å². The SMILES string of the molecule is CC(C)c1nc(N2CCCCC2)nc(Cl)c1Br. The van der Waals surface area contributed by atoms with Crippen molar-refractivity contribution in [3.8, 4) is 0 Å². The number of aromatic nitrogens is 2. The van der Waals surface area contributed by atoms with Crippen molar-refractivity contribution < 1.29 is 0 Å². The van der Waals surface area contributed by atoms with Gasteiger partial charge in [-0.15, -0.1) is 0 Å². The highest BCUT2D eigenvalue weighted by molar-refractivity contribution is 9.10. The Kier molecular flexibility index (Phi) is 4.26. The van der Waals surface area contributed by atoms with Crippen molar-refractivity contribution in [2.75, 3.05) is 18.0 Å². The molecule has 0 unspecified atom stereocenters. The zero-order valence-corrected chi connectivity index (χ0v) is 12.6. The maximum atomic E-state index is 6.16. The van der Waals surface area contributed by atoms with Crippen LogP contribution in [-0.4, -0.2) is 23.1 Å². The molecule has 0 amide bonds. The Morgan fingerprint density at radius 3 is 2.41 bits per heavy atom. The molecule has 1 aromatic rings. The summed E-state index contributed by atoms with van der Waals surface area (Å²) in [6.45, 7) is 6.30. The van der Waals surface area contributed by atoms with E-state index < -0.39 is 0 Å². The molecule has 1 fully saturated rings. The molecule has 0 bridgehead atoms. The normalized spacial score (nSPS) is 16.6. The average Bonchev–Trinajstić information content (AvgIpc) is 2.33. The lowest BCUT2D eigenvalue weighted by atomic mass is 10.1. The van der Waals surface area contributed by atoms with Crippen LogP contribution >= 0.6 is 27.5 Å². The monoisotopic (exact) mass is 317 g/mol. The standard InChI is InChI=1S/C12H17BrClN3/c1-8(2)10-9(13)11(14)16-12(15-10)17-6-4-3-5-7-17/h8H,3-7H2,1-2H3. The minimum atomic E-state index is 0.341. The predicted molar refractivity (Wildman–Crippen MR) is 74.9 cm³/mol. The van der Waals surface area contributed by atoms with Gasteiger partial charge in [-0.2, -0.15) is 4.98 Å². The third-order valence-electron chi connectivity index (χ3n) is 3.01. The van der Waals surface area contributed by atoms with Crippen LogP contribution in [0.3, 0.4) is 0 Å². The summed E-state index contributed by atoms with van der Waals surface area (Å²) in [4.78, 5) is 11.2. The van der Waals surface area contributed by atoms with Crippen LogP contribution in [0, 0.1) is 0 Å². The zero-order chi connectivity index (χ0) is 12.4. The van der Waals surface area contributed by atoms with Crippen LogP contribution in [-0.2, 0) is 0 Å². The fourth-order valence-electron chi connectivity index (χ4n) is 2.04. The first-order valence-corrected chi connectivity index (χ1v) is 7.24. The van der Waals surface area contributed by atoms with Crippen LogP contribution in [0.2, 0.25) is 5.15 Å². The van der Waals surface area contributed by atoms with E-state index in [1.165, 1.54) is 19.3 Å². The Morgan fingerprint density at radius 1 is 1.18 bits per heavy atom. The van der Waals surface area contributed by atoms with Gasteiger partial charge in [0.05, 0.1) is 10.2 Å². The zero-order valence-electron chi connectivity index (χ0n) is 10.2. The summed E-state index contributed by atoms with van der Waals surface area (Å²) in [5.41, 5.74) is 0.991. The molecule has 17 heavy (non-hydrogen) atoms. The van der Waals surface area contributed by atoms with Gasteiger partial charge in [0, 0.05) is 13.1 Å². The van der Waals surface area contributed by atoms with Crippen molar-refractivity contribution in [2.45, 2.75) is 39.0 Å². The highest BCUT2D eigenvalue weighted by atomic mass is 79.9. The molecule has 0 N–H and O–H groups in total. The summed E-state index contributed by atoms with van der Waals surface area (Å²) < 4.78 is 0.829. The molecular weight excluding hydrogens is 302 g/mol. The van der Waals surface area contributed by atoms with Gasteiger partial charge in [0.2, 0.25) is 5.95 Å². The first-order valence-electron chi connectivity index (χ1n) is 6.07. The van der Waals surface area contributed by atoms with Crippen LogP contribution in [0.15, 0.2) is 4.47 Å². The largest absolute Gasteiger partial charge is 0.341 e. The summed E-state index contributed by atoms with van der Waals surface area (Å²) in [6, 6.07) is 0. The van der Waals surface area contributed by atoms with Crippen molar-refractivity contribution >= 4 is 33.5 Å². The number of halogens is 2. The second-order valence-electron chi connectivity index (χ2n) is 4.72. The van der Waals surface area contributed by atoms with Gasteiger partial charge in [0.25, 0.3) is 0 Å². The smallest absolute Gasteiger partial charge is 0.227 e. The van der Waals surface area contributed by atoms with Crippen LogP contribution in [0.4, 0.5) is 5.95 Å². The molecule has 2 rings (SSSR count). The summed E-state index contributed by atoms with van der Waals surface area (Å²) in [5.74, 6) is 1.12. The molecule has 3 nitrogen and oxygen atoms in total. The molecule has 0 radical (unpaired) electrons. The number of nitrogens with zero attached hydrogens (tertiary/aromatic N) is 3. The van der Waals surface area contributed by atoms with Gasteiger partial charge in [0.1, 0.15) is 5.15 Å². The van der Waals surface area contributed by atoms with Crippen molar-refractivity contribution in [3.05, 3.63) is 15.3 Å². The highest BCUT2D eigenvalue weighted by Crippen LogP contribution is 2.31. The molecule has 1 saturated heterocycles. The molecule has 0 spiro atoms. The Balaban J connectivity index is 2.34. The van der Waals surface area contributed by atoms with Crippen LogP contribution in [0.5, 0.6) is 0 Å². The number of anilines is 1. The van der Waals surface area contributed by atoms with Gasteiger partial charge < -0.3 is 4.90 Å². The van der Waals surface area contributed by atoms with E-state index in [9.17, 15) is 0 Å². The molecule has 1 aromatic heterocycles. The van der Waals surface area contributed by atoms with Gasteiger partial charge >= 0.3 is 0 Å². The van der Waals surface area contributed by atoms with Crippen molar-refractivity contribution in [1.82, 2.24) is 9.97 Å². The topological polar surface area (TPSA) is 29.0 Å². The first-order chi connectivity index (χ1) is 8.09. The van der Waals surface area contributed by atoms with Gasteiger partial charge in [-0.3, -0.25) is 0 Å². The second kappa shape index (κ2) is 5.53. The minimum absolute atomic E-state index is 0.341. The van der Waals surface area contributed by atoms with Gasteiger partial charge in [0.15, 0.2) is 0 Å². The first kappa shape index (κ1) is 13.1. The average molecular weight is 319 g/mol. The predicted octanol–water partition coefficient (Wildman–Crippen LogP) is 4.01. The molecule has 0 aliphatic carbocycles. The lowest BCUT2D eigenvalue weighted by molar-refractivity contribution is 0.566. The van der Waals surface area contributed by atoms with E-state index in [1.807, 2.05) is 0 Å². The number of hydrogen-bond acceptors (Lipinski definition) is 3. The van der Waals surface area contributed by atoms with Gasteiger partial charge in [-0.05, 0) is 41.1 Å². The van der Waals surface area contributed by atoms with Gasteiger partial charge in [-0.25, -0.2) is 4.98 Å². The van der Waals surface area contributed by atoms with Crippen molar-refractivity contribution in [3.63, 3.8) is 0 Å². The fraction of sp³-hybridized carbons (Fsp3) is 0.667. The lowest BCUT2D eigenvalue weighted by Crippen LogP contribution is -2.31. The maximum Gasteiger partial charge on any atom is 0.227 e. The van der Waals surface area contributed by atoms with Gasteiger partial charge in [-0.1, -0.05) is 25.4 Å². The third kappa shape index (κ3) is 2.91. The molecule has 0 aromatic carbocycles. The summed E-state index contributed by atoms with van der Waals surface area (Å²) in [6.07, 6.45) is 3.74. The van der Waals surface area contributed by atoms with E-state index in [0.717, 1.165) is 29.2 Å². The highest BCUT2D eigenvalue weighted by Gasteiger charge is 2.18. The van der Waals surface area contributed by atoms with Crippen molar-refractivity contribution in [2.24, 2.45) is 0 Å². The molecule has 5 heteroatoms. The molecule has 0 atom stereocenters. The van der Waals surface area contributed by atoms with E-state index in [4.69, 9.17) is 11.6 Å². The minimum Gasteiger partial charge on any atom is -0.341 e. The van der Waals surface area contributed by atoms with E-state index in [1.54, 1.807) is 0 Å². The van der Waals surface area contributed by atoms with Crippen molar-refractivity contribution in [1.29, 1.82) is 0 Å². The van der Waals surface area contributed by atoms with E-state index in [0.29, 0.717) is 11.1 Å². The third-order valence-corrected chi connectivity index (χ3v) is 4.29. The number of hydrogen-bond donors (Lipinski definition) is 0. The maximum absolute atomic E-state index is 6.16. The molecule has 0 saturated carbocycles. The second-order valence-corrected chi connectivity index (χ2v) is 5.87. The fourth-order valence-corrected chi connectivity index (χ4v) is 2.85. The summed E-state index contributed by atoms with van der Waals surface area (Å²) in [5, 5.41) is 0.518. The van der Waals surface area contributed by atoms with Crippen LogP contribution in [0.1, 0.15) is 44.7 Å². The number of rotatable bonds is 2. The molecule has 94 valence electrons. The molecular formula is C12H17BrClN3. The van der Waals surface area contributed by atoms with E-state index >= 15 is 0 Å². The van der Waals surface area contributed by atoms with E-state index in [-0.39, 0.29) is 0 Å². The van der Waals surface area contributed by atoms with E-state index in [2.05, 4.69) is 44.6 Å². The Morgan fingerprint density at radius 2 is 1.82 bits per heavy atom. The molecule has 2 heterocycles. The lowest BCUT2D eigenvalue weighted by Gasteiger charge is -2.27. The summed E-state index contributed by atoms with van der Waals surface area (Å²) in [7, 11) is 0. The van der Waals surface area contributed by atoms with Crippen LogP contribution < -0.4 is 4.90 Å². The quantitative estimate of drug-likeness (QED) is 0.772. The van der Waals surface area contributed by atoms with Crippen LogP contribution in [0.25, 0.3) is 0 Å². The Bertz CT molecular complexity index is 403. The summed E-state index contributed by atoms with van der Waals surface area (Å²) >= 11 is 9.62. The number of piperidine rings is 1. The molecule has 1 aliphatic rings. The Hall–Kier alpha value is -0.350.